The molecule has 3 nitrogen and oxygen atoms in total. The maximum Gasteiger partial charge on any atom is 0.237 e. The lowest BCUT2D eigenvalue weighted by Crippen LogP contribution is -2.53. The first-order chi connectivity index (χ1) is 8.72. The summed E-state index contributed by atoms with van der Waals surface area (Å²) >= 11 is 0. The molecule has 4 aliphatic rings. The van der Waals surface area contributed by atoms with Gasteiger partial charge >= 0.3 is 0 Å². The second-order valence-electron chi connectivity index (χ2n) is 6.60. The number of hydrogen-bond acceptors (Lipinski definition) is 3. The molecule has 5 rings (SSSR count). The molecule has 0 spiro atoms. The largest absolute Gasteiger partial charge is 0.470 e. The number of nitrogens with two attached hydrogens (primary N) is 1. The molecule has 3 heteroatoms. The highest BCUT2D eigenvalue weighted by atomic mass is 16.5. The topological polar surface area (TPSA) is 48.1 Å². The summed E-state index contributed by atoms with van der Waals surface area (Å²) in [6.45, 7) is 0. The summed E-state index contributed by atoms with van der Waals surface area (Å²) in [5.41, 5.74) is 6.69. The third-order valence-corrected chi connectivity index (χ3v) is 5.10. The fraction of sp³-hybridized carbons (Fsp3) is 0.667. The monoisotopic (exact) mass is 244 g/mol. The van der Waals surface area contributed by atoms with Crippen LogP contribution in [0.4, 0.5) is 5.69 Å². The van der Waals surface area contributed by atoms with Crippen molar-refractivity contribution in [2.45, 2.75) is 44.1 Å². The van der Waals surface area contributed by atoms with Gasteiger partial charge in [-0.3, -0.25) is 0 Å². The van der Waals surface area contributed by atoms with E-state index in [9.17, 15) is 0 Å². The molecule has 1 aromatic heterocycles. The number of hydrogen-bond donors (Lipinski definition) is 1. The third-order valence-electron chi connectivity index (χ3n) is 5.10. The molecule has 2 N–H and O–H groups in total. The van der Waals surface area contributed by atoms with Crippen LogP contribution in [0.25, 0.3) is 0 Å². The molecule has 1 aromatic rings. The van der Waals surface area contributed by atoms with Gasteiger partial charge in [-0.1, -0.05) is 0 Å². The van der Waals surface area contributed by atoms with Crippen LogP contribution in [-0.4, -0.2) is 10.6 Å². The molecule has 1 heterocycles. The average Bonchev–Trinajstić information content (AvgIpc) is 2.30. The quantitative estimate of drug-likeness (QED) is 0.870. The molecule has 0 aromatic carbocycles. The minimum absolute atomic E-state index is 0.0528. The summed E-state index contributed by atoms with van der Waals surface area (Å²) in [6, 6.07) is 3.74. The fourth-order valence-corrected chi connectivity index (χ4v) is 4.85. The average molecular weight is 244 g/mol. The number of pyridine rings is 1. The molecule has 4 saturated carbocycles. The molecule has 18 heavy (non-hydrogen) atoms. The van der Waals surface area contributed by atoms with Crippen LogP contribution in [0.15, 0.2) is 18.3 Å². The zero-order valence-electron chi connectivity index (χ0n) is 10.6. The van der Waals surface area contributed by atoms with Crippen LogP contribution >= 0.6 is 0 Å². The number of ether oxygens (including phenoxy) is 1. The zero-order valence-corrected chi connectivity index (χ0v) is 10.6. The predicted octanol–water partition coefficient (Wildman–Crippen LogP) is 3.01. The van der Waals surface area contributed by atoms with E-state index in [4.69, 9.17) is 10.5 Å². The Morgan fingerprint density at radius 2 is 1.72 bits per heavy atom. The van der Waals surface area contributed by atoms with E-state index in [1.54, 1.807) is 6.20 Å². The molecular formula is C15H20N2O. The van der Waals surface area contributed by atoms with Crippen molar-refractivity contribution in [1.29, 1.82) is 0 Å². The van der Waals surface area contributed by atoms with Crippen LogP contribution in [0.1, 0.15) is 38.5 Å². The summed E-state index contributed by atoms with van der Waals surface area (Å²) in [5, 5.41) is 0. The standard InChI is InChI=1S/C15H20N2O/c16-13-2-1-3-17-14(13)18-15-7-10-4-11(8-15)6-12(5-10)9-15/h1-3,10-12H,4-9,16H2. The van der Waals surface area contributed by atoms with Gasteiger partial charge in [0.05, 0.1) is 5.69 Å². The third kappa shape index (κ3) is 1.60. The predicted molar refractivity (Wildman–Crippen MR) is 70.2 cm³/mol. The molecule has 4 fully saturated rings. The highest BCUT2D eigenvalue weighted by Gasteiger charge is 2.52. The van der Waals surface area contributed by atoms with E-state index < -0.39 is 0 Å². The minimum atomic E-state index is 0.0528. The number of nitrogens with zero attached hydrogens (tertiary/aromatic N) is 1. The molecular weight excluding hydrogens is 224 g/mol. The number of rotatable bonds is 2. The minimum Gasteiger partial charge on any atom is -0.470 e. The number of aromatic nitrogens is 1. The van der Waals surface area contributed by atoms with Gasteiger partial charge in [-0.15, -0.1) is 0 Å². The maximum absolute atomic E-state index is 6.31. The summed E-state index contributed by atoms with van der Waals surface area (Å²) in [7, 11) is 0. The lowest BCUT2D eigenvalue weighted by atomic mass is 9.54. The van der Waals surface area contributed by atoms with Crippen LogP contribution in [0, 0.1) is 17.8 Å². The van der Waals surface area contributed by atoms with Crippen molar-refractivity contribution < 1.29 is 4.74 Å². The second kappa shape index (κ2) is 3.62. The summed E-state index contributed by atoms with van der Waals surface area (Å²) in [4.78, 5) is 4.31. The van der Waals surface area contributed by atoms with E-state index in [0.29, 0.717) is 11.6 Å². The highest BCUT2D eigenvalue weighted by Crippen LogP contribution is 2.57. The van der Waals surface area contributed by atoms with Crippen molar-refractivity contribution in [2.24, 2.45) is 17.8 Å². The Bertz CT molecular complexity index is 436. The van der Waals surface area contributed by atoms with Gasteiger partial charge in [-0.25, -0.2) is 4.98 Å². The SMILES string of the molecule is Nc1cccnc1OC12CC3CC(CC(C3)C1)C2. The Morgan fingerprint density at radius 3 is 2.28 bits per heavy atom. The highest BCUT2D eigenvalue weighted by molar-refractivity contribution is 5.47. The summed E-state index contributed by atoms with van der Waals surface area (Å²) in [6.07, 6.45) is 9.71. The Morgan fingerprint density at radius 1 is 1.11 bits per heavy atom. The van der Waals surface area contributed by atoms with Crippen LogP contribution in [0.3, 0.4) is 0 Å². The first kappa shape index (κ1) is 10.7. The lowest BCUT2D eigenvalue weighted by Gasteiger charge is -2.55. The second-order valence-corrected chi connectivity index (χ2v) is 6.60. The molecule has 0 atom stereocenters. The van der Waals surface area contributed by atoms with Crippen molar-refractivity contribution in [3.05, 3.63) is 18.3 Å². The van der Waals surface area contributed by atoms with Gasteiger partial charge in [0.15, 0.2) is 0 Å². The van der Waals surface area contributed by atoms with Gasteiger partial charge < -0.3 is 10.5 Å². The molecule has 96 valence electrons. The van der Waals surface area contributed by atoms with Gasteiger partial charge in [0, 0.05) is 6.20 Å². The Kier molecular flexibility index (Phi) is 2.14. The van der Waals surface area contributed by atoms with Crippen molar-refractivity contribution >= 4 is 5.69 Å². The first-order valence-electron chi connectivity index (χ1n) is 7.12. The van der Waals surface area contributed by atoms with Crippen molar-refractivity contribution in [1.82, 2.24) is 4.98 Å². The van der Waals surface area contributed by atoms with Gasteiger partial charge in [0.25, 0.3) is 0 Å². The van der Waals surface area contributed by atoms with E-state index >= 15 is 0 Å². The Labute approximate surface area is 108 Å². The Hall–Kier alpha value is -1.25. The van der Waals surface area contributed by atoms with E-state index in [1.165, 1.54) is 38.5 Å². The van der Waals surface area contributed by atoms with Crippen molar-refractivity contribution in [3.63, 3.8) is 0 Å². The molecule has 0 saturated heterocycles. The van der Waals surface area contributed by atoms with Gasteiger partial charge in [0.1, 0.15) is 5.60 Å². The normalized spacial score (nSPS) is 41.0. The van der Waals surface area contributed by atoms with Crippen LogP contribution in [0.5, 0.6) is 5.88 Å². The van der Waals surface area contributed by atoms with Gasteiger partial charge in [0.2, 0.25) is 5.88 Å². The molecule has 0 aliphatic heterocycles. The summed E-state index contributed by atoms with van der Waals surface area (Å²) < 4.78 is 6.31. The van der Waals surface area contributed by atoms with Crippen LogP contribution in [-0.2, 0) is 0 Å². The van der Waals surface area contributed by atoms with Gasteiger partial charge in [-0.2, -0.15) is 0 Å². The van der Waals surface area contributed by atoms with Crippen LogP contribution in [0.2, 0.25) is 0 Å². The van der Waals surface area contributed by atoms with Crippen molar-refractivity contribution in [3.8, 4) is 5.88 Å². The first-order valence-corrected chi connectivity index (χ1v) is 7.12. The molecule has 0 unspecified atom stereocenters. The van der Waals surface area contributed by atoms with E-state index in [1.807, 2.05) is 12.1 Å². The molecule has 4 aliphatic carbocycles. The number of nitrogen functional groups attached to an aromatic ring is 1. The van der Waals surface area contributed by atoms with Crippen LogP contribution < -0.4 is 10.5 Å². The molecule has 4 bridgehead atoms. The maximum atomic E-state index is 6.31. The number of anilines is 1. The van der Waals surface area contributed by atoms with E-state index in [-0.39, 0.29) is 5.60 Å². The molecule has 0 radical (unpaired) electrons. The lowest BCUT2D eigenvalue weighted by molar-refractivity contribution is -0.109. The smallest absolute Gasteiger partial charge is 0.237 e. The fourth-order valence-electron chi connectivity index (χ4n) is 4.85. The van der Waals surface area contributed by atoms with E-state index in [2.05, 4.69) is 4.98 Å². The molecule has 0 amide bonds. The zero-order chi connectivity index (χ0) is 12.2. The van der Waals surface area contributed by atoms with Crippen molar-refractivity contribution in [2.75, 3.05) is 5.73 Å². The van der Waals surface area contributed by atoms with E-state index in [0.717, 1.165) is 17.8 Å². The summed E-state index contributed by atoms with van der Waals surface area (Å²) in [5.74, 6) is 3.32. The Balaban J connectivity index is 1.63. The van der Waals surface area contributed by atoms with Gasteiger partial charge in [-0.05, 0) is 68.4 Å².